The summed E-state index contributed by atoms with van der Waals surface area (Å²) >= 11 is 1.88. The van der Waals surface area contributed by atoms with Crippen LogP contribution < -0.4 is 20.7 Å². The SMILES string of the molecule is c1ccc(-n2c3ccc([Si](c4ccccc4)(c4ccccc4)c4ccccc4)cc3c3cc4c(cc32)c2ccccc2n4-c2ccc(-c3cccc4c3sc3ccccc34)cc2)cc1. The number of aromatic nitrogens is 2. The fraction of sp³-hybridized carbons (Fsp3) is 0. The Morgan fingerprint density at radius 2 is 0.781 bits per heavy atom. The highest BCUT2D eigenvalue weighted by atomic mass is 32.1. The molecule has 10 aromatic carbocycles. The summed E-state index contributed by atoms with van der Waals surface area (Å²) in [7, 11) is -2.79. The predicted molar refractivity (Wildman–Crippen MR) is 277 cm³/mol. The zero-order chi connectivity index (χ0) is 42.2. The van der Waals surface area contributed by atoms with Crippen molar-refractivity contribution in [3.8, 4) is 22.5 Å². The van der Waals surface area contributed by atoms with Gasteiger partial charge in [0.2, 0.25) is 0 Å². The second-order valence-electron chi connectivity index (χ2n) is 16.8. The summed E-state index contributed by atoms with van der Waals surface area (Å²) in [6.45, 7) is 0. The van der Waals surface area contributed by atoms with Gasteiger partial charge in [-0.1, -0.05) is 188 Å². The molecule has 13 aromatic rings. The van der Waals surface area contributed by atoms with E-state index in [0.717, 1.165) is 11.4 Å². The molecule has 3 aromatic heterocycles. The second-order valence-corrected chi connectivity index (χ2v) is 21.7. The predicted octanol–water partition coefficient (Wildman–Crippen LogP) is 13.3. The van der Waals surface area contributed by atoms with Crippen molar-refractivity contribution in [1.82, 2.24) is 9.13 Å². The van der Waals surface area contributed by atoms with E-state index < -0.39 is 8.07 Å². The monoisotopic (exact) mass is 848 g/mol. The molecule has 0 aliphatic heterocycles. The summed E-state index contributed by atoms with van der Waals surface area (Å²) in [5.41, 5.74) is 9.60. The lowest BCUT2D eigenvalue weighted by Gasteiger charge is -2.34. The van der Waals surface area contributed by atoms with Gasteiger partial charge in [0.25, 0.3) is 0 Å². The van der Waals surface area contributed by atoms with Gasteiger partial charge in [-0.05, 0) is 86.5 Å². The fourth-order valence-electron chi connectivity index (χ4n) is 10.7. The molecule has 0 N–H and O–H groups in total. The first-order chi connectivity index (χ1) is 31.8. The largest absolute Gasteiger partial charge is 0.309 e. The molecule has 0 spiro atoms. The Morgan fingerprint density at radius 3 is 1.42 bits per heavy atom. The van der Waals surface area contributed by atoms with Crippen LogP contribution >= 0.6 is 11.3 Å². The number of fused-ring (bicyclic) bond motifs is 9. The van der Waals surface area contributed by atoms with Crippen LogP contribution in [0.15, 0.2) is 243 Å². The molecule has 0 amide bonds. The van der Waals surface area contributed by atoms with Crippen molar-refractivity contribution in [3.63, 3.8) is 0 Å². The summed E-state index contributed by atoms with van der Waals surface area (Å²) in [6.07, 6.45) is 0. The molecular weight excluding hydrogens is 809 g/mol. The third-order valence-electron chi connectivity index (χ3n) is 13.5. The molecule has 300 valence electrons. The van der Waals surface area contributed by atoms with E-state index in [0.29, 0.717) is 0 Å². The van der Waals surface area contributed by atoms with E-state index in [1.165, 1.54) is 95.7 Å². The van der Waals surface area contributed by atoms with Crippen LogP contribution in [0.25, 0.3) is 86.3 Å². The molecule has 0 radical (unpaired) electrons. The molecule has 0 aliphatic carbocycles. The smallest absolute Gasteiger partial charge is 0.179 e. The third-order valence-corrected chi connectivity index (χ3v) is 19.5. The van der Waals surface area contributed by atoms with Crippen molar-refractivity contribution < 1.29 is 0 Å². The van der Waals surface area contributed by atoms with E-state index in [-0.39, 0.29) is 0 Å². The molecular formula is C60H40N2SSi. The van der Waals surface area contributed by atoms with Crippen LogP contribution in [-0.2, 0) is 0 Å². The highest BCUT2D eigenvalue weighted by Crippen LogP contribution is 2.42. The number of benzene rings is 10. The van der Waals surface area contributed by atoms with Crippen LogP contribution in [0.4, 0.5) is 0 Å². The first-order valence-electron chi connectivity index (χ1n) is 22.0. The Hall–Kier alpha value is -7.76. The van der Waals surface area contributed by atoms with Crippen molar-refractivity contribution >= 4 is 104 Å². The minimum atomic E-state index is -2.79. The van der Waals surface area contributed by atoms with Gasteiger partial charge >= 0.3 is 0 Å². The lowest BCUT2D eigenvalue weighted by molar-refractivity contribution is 1.17. The van der Waals surface area contributed by atoms with Crippen LogP contribution in [0.2, 0.25) is 0 Å². The van der Waals surface area contributed by atoms with Crippen molar-refractivity contribution in [2.75, 3.05) is 0 Å². The molecule has 0 fully saturated rings. The normalized spacial score (nSPS) is 12.1. The Balaban J connectivity index is 1.08. The maximum Gasteiger partial charge on any atom is 0.179 e. The quantitative estimate of drug-likeness (QED) is 0.112. The van der Waals surface area contributed by atoms with Gasteiger partial charge in [0.1, 0.15) is 0 Å². The number of para-hydroxylation sites is 2. The fourth-order valence-corrected chi connectivity index (χ4v) is 16.7. The highest BCUT2D eigenvalue weighted by Gasteiger charge is 2.41. The van der Waals surface area contributed by atoms with Gasteiger partial charge in [0, 0.05) is 53.1 Å². The molecule has 0 bridgehead atoms. The zero-order valence-corrected chi connectivity index (χ0v) is 36.7. The molecule has 0 unspecified atom stereocenters. The van der Waals surface area contributed by atoms with Gasteiger partial charge < -0.3 is 9.13 Å². The van der Waals surface area contributed by atoms with E-state index in [4.69, 9.17) is 0 Å². The molecule has 0 atom stereocenters. The number of thiophene rings is 1. The average molecular weight is 849 g/mol. The summed E-state index contributed by atoms with van der Waals surface area (Å²) in [5, 5.41) is 13.1. The highest BCUT2D eigenvalue weighted by molar-refractivity contribution is 7.26. The van der Waals surface area contributed by atoms with Crippen LogP contribution in [-0.4, -0.2) is 17.2 Å². The summed E-state index contributed by atoms with van der Waals surface area (Å²) in [4.78, 5) is 0. The molecule has 4 heteroatoms. The lowest BCUT2D eigenvalue weighted by Crippen LogP contribution is -2.74. The molecule has 13 rings (SSSR count). The van der Waals surface area contributed by atoms with Crippen LogP contribution in [0, 0.1) is 0 Å². The van der Waals surface area contributed by atoms with Crippen molar-refractivity contribution in [1.29, 1.82) is 0 Å². The van der Waals surface area contributed by atoms with E-state index >= 15 is 0 Å². The number of hydrogen-bond donors (Lipinski definition) is 0. The van der Waals surface area contributed by atoms with Gasteiger partial charge in [-0.25, -0.2) is 0 Å². The first-order valence-corrected chi connectivity index (χ1v) is 24.8. The van der Waals surface area contributed by atoms with Crippen molar-refractivity contribution in [2.45, 2.75) is 0 Å². The van der Waals surface area contributed by atoms with Gasteiger partial charge in [0.15, 0.2) is 8.07 Å². The average Bonchev–Trinajstić information content (AvgIpc) is 4.02. The Labute approximate surface area is 376 Å². The minimum absolute atomic E-state index is 1.15. The van der Waals surface area contributed by atoms with Crippen LogP contribution in [0.3, 0.4) is 0 Å². The third kappa shape index (κ3) is 5.50. The molecule has 0 aliphatic rings. The van der Waals surface area contributed by atoms with Gasteiger partial charge in [-0.3, -0.25) is 0 Å². The number of rotatable bonds is 7. The minimum Gasteiger partial charge on any atom is -0.309 e. The van der Waals surface area contributed by atoms with Crippen LogP contribution in [0.5, 0.6) is 0 Å². The second kappa shape index (κ2) is 14.7. The van der Waals surface area contributed by atoms with E-state index in [1.807, 2.05) is 11.3 Å². The van der Waals surface area contributed by atoms with Crippen LogP contribution in [0.1, 0.15) is 0 Å². The van der Waals surface area contributed by atoms with Crippen molar-refractivity contribution in [3.05, 3.63) is 243 Å². The lowest BCUT2D eigenvalue weighted by atomic mass is 10.0. The molecule has 2 nitrogen and oxygen atoms in total. The van der Waals surface area contributed by atoms with E-state index in [2.05, 4.69) is 252 Å². The molecule has 0 saturated heterocycles. The number of hydrogen-bond acceptors (Lipinski definition) is 1. The summed E-state index contributed by atoms with van der Waals surface area (Å²) in [5.74, 6) is 0. The maximum absolute atomic E-state index is 2.79. The maximum atomic E-state index is 2.54. The van der Waals surface area contributed by atoms with Gasteiger partial charge in [0.05, 0.1) is 22.1 Å². The molecule has 64 heavy (non-hydrogen) atoms. The Kier molecular flexibility index (Phi) is 8.45. The van der Waals surface area contributed by atoms with Gasteiger partial charge in [-0.15, -0.1) is 11.3 Å². The first kappa shape index (κ1) is 36.9. The molecule has 3 heterocycles. The summed E-state index contributed by atoms with van der Waals surface area (Å²) < 4.78 is 7.61. The van der Waals surface area contributed by atoms with Crippen molar-refractivity contribution in [2.24, 2.45) is 0 Å². The van der Waals surface area contributed by atoms with Gasteiger partial charge in [-0.2, -0.15) is 0 Å². The Morgan fingerprint density at radius 1 is 0.297 bits per heavy atom. The van der Waals surface area contributed by atoms with E-state index in [9.17, 15) is 0 Å². The molecule has 0 saturated carbocycles. The zero-order valence-electron chi connectivity index (χ0n) is 34.9. The van der Waals surface area contributed by atoms with E-state index in [1.54, 1.807) is 0 Å². The standard InChI is InChI=1S/C60H40N2SSi/c1-5-18-42(19-6-1)61-56-37-36-47(64(44-20-7-2-8-21-44,45-22-9-3-10-23-45)46-24-11-4-12-25-46)38-52(56)54-40-57-53(39-58(54)61)49-26-13-15-30-55(49)62(57)43-34-32-41(33-35-43)48-28-17-29-51-50-27-14-16-31-59(50)63-60(48)51/h1-40H. The topological polar surface area (TPSA) is 9.86 Å². The Bertz CT molecular complexity index is 3770. The number of nitrogens with zero attached hydrogens (tertiary/aromatic N) is 2. The summed E-state index contributed by atoms with van der Waals surface area (Å²) in [6, 6.07) is 90.5.